The van der Waals surface area contributed by atoms with Crippen LogP contribution in [0.15, 0.2) is 47.6 Å². The highest BCUT2D eigenvalue weighted by atomic mass is 32.2. The normalized spacial score (nSPS) is 10.5. The number of aryl methyl sites for hydroxylation is 2. The van der Waals surface area contributed by atoms with Gasteiger partial charge in [-0.25, -0.2) is 10.2 Å². The van der Waals surface area contributed by atoms with Crippen molar-refractivity contribution in [1.82, 2.24) is 20.1 Å². The maximum atomic E-state index is 11.9. The molecule has 3 rings (SSSR count). The summed E-state index contributed by atoms with van der Waals surface area (Å²) in [4.78, 5) is 16.3. The SMILES string of the molecule is CNc1cccc(CSc2nsc(NNC(=O)NCCCOc3ccc(C)cc3C)n2)c1. The van der Waals surface area contributed by atoms with Gasteiger partial charge < -0.3 is 15.4 Å². The summed E-state index contributed by atoms with van der Waals surface area (Å²) < 4.78 is 10.1. The number of carbonyl (C=O) groups excluding carboxylic acids is 1. The highest BCUT2D eigenvalue weighted by molar-refractivity contribution is 7.98. The number of anilines is 2. The highest BCUT2D eigenvalue weighted by Crippen LogP contribution is 2.24. The van der Waals surface area contributed by atoms with Crippen LogP contribution >= 0.6 is 23.3 Å². The fourth-order valence-corrected chi connectivity index (χ4v) is 4.30. The molecule has 8 nitrogen and oxygen atoms in total. The van der Waals surface area contributed by atoms with E-state index >= 15 is 0 Å². The molecule has 0 fully saturated rings. The Kier molecular flexibility index (Phi) is 9.00. The van der Waals surface area contributed by atoms with Crippen LogP contribution < -0.4 is 26.2 Å². The molecular weight excluding hydrogens is 444 g/mol. The number of ether oxygens (including phenoxy) is 1. The molecule has 0 unspecified atom stereocenters. The maximum Gasteiger partial charge on any atom is 0.333 e. The van der Waals surface area contributed by atoms with Crippen LogP contribution in [0.25, 0.3) is 0 Å². The van der Waals surface area contributed by atoms with Gasteiger partial charge >= 0.3 is 6.03 Å². The van der Waals surface area contributed by atoms with Gasteiger partial charge in [-0.2, -0.15) is 9.36 Å². The number of nitrogens with one attached hydrogen (secondary N) is 4. The molecule has 0 saturated carbocycles. The number of thioether (sulfide) groups is 1. The number of hydrazine groups is 1. The Labute approximate surface area is 196 Å². The largest absolute Gasteiger partial charge is 0.493 e. The van der Waals surface area contributed by atoms with Crippen LogP contribution in [-0.2, 0) is 5.75 Å². The molecule has 32 heavy (non-hydrogen) atoms. The summed E-state index contributed by atoms with van der Waals surface area (Å²) in [7, 11) is 1.90. The Morgan fingerprint density at radius 3 is 2.88 bits per heavy atom. The van der Waals surface area contributed by atoms with Crippen molar-refractivity contribution in [2.45, 2.75) is 31.2 Å². The lowest BCUT2D eigenvalue weighted by Gasteiger charge is -2.10. The summed E-state index contributed by atoms with van der Waals surface area (Å²) in [6, 6.07) is 14.0. The van der Waals surface area contributed by atoms with E-state index < -0.39 is 0 Å². The number of nitrogens with zero attached hydrogens (tertiary/aromatic N) is 2. The molecule has 170 valence electrons. The summed E-state index contributed by atoms with van der Waals surface area (Å²) in [6.07, 6.45) is 0.703. The van der Waals surface area contributed by atoms with Crippen molar-refractivity contribution in [2.24, 2.45) is 0 Å². The summed E-state index contributed by atoms with van der Waals surface area (Å²) in [5.41, 5.74) is 9.94. The molecule has 2 amide bonds. The molecule has 3 aromatic rings. The van der Waals surface area contributed by atoms with Crippen molar-refractivity contribution in [3.05, 3.63) is 59.2 Å². The number of amides is 2. The van der Waals surface area contributed by atoms with Crippen molar-refractivity contribution in [3.63, 3.8) is 0 Å². The van der Waals surface area contributed by atoms with Crippen molar-refractivity contribution < 1.29 is 9.53 Å². The molecule has 0 radical (unpaired) electrons. The van der Waals surface area contributed by atoms with Gasteiger partial charge in [0.25, 0.3) is 0 Å². The Morgan fingerprint density at radius 2 is 2.06 bits per heavy atom. The van der Waals surface area contributed by atoms with E-state index in [0.717, 1.165) is 22.8 Å². The first kappa shape index (κ1) is 23.7. The predicted molar refractivity (Wildman–Crippen MR) is 132 cm³/mol. The van der Waals surface area contributed by atoms with Gasteiger partial charge in [-0.05, 0) is 49.6 Å². The van der Waals surface area contributed by atoms with E-state index in [0.29, 0.717) is 29.9 Å². The third-order valence-corrected chi connectivity index (χ3v) is 6.13. The lowest BCUT2D eigenvalue weighted by atomic mass is 10.1. The second-order valence-corrected chi connectivity index (χ2v) is 8.79. The van der Waals surface area contributed by atoms with E-state index in [1.54, 1.807) is 11.8 Å². The summed E-state index contributed by atoms with van der Waals surface area (Å²) in [5.74, 6) is 1.64. The Morgan fingerprint density at radius 1 is 1.19 bits per heavy atom. The first-order valence-corrected chi connectivity index (χ1v) is 12.0. The fourth-order valence-electron chi connectivity index (χ4n) is 2.86. The average Bonchev–Trinajstić information content (AvgIpc) is 3.25. The standard InChI is InChI=1S/C22H28N6O2S2/c1-15-8-9-19(16(2)12-15)30-11-5-10-24-20(29)26-27-21-25-22(28-32-21)31-14-17-6-4-7-18(13-17)23-3/h4,6-9,12-13,23H,5,10-11,14H2,1-3H3,(H2,24,26,29)(H,25,27,28). The van der Waals surface area contributed by atoms with Gasteiger partial charge in [0, 0.05) is 36.6 Å². The maximum absolute atomic E-state index is 11.9. The van der Waals surface area contributed by atoms with Crippen LogP contribution in [0.3, 0.4) is 0 Å². The second kappa shape index (κ2) is 12.2. The zero-order valence-electron chi connectivity index (χ0n) is 18.4. The zero-order valence-corrected chi connectivity index (χ0v) is 20.0. The number of hydrogen-bond acceptors (Lipinski definition) is 8. The minimum atomic E-state index is -0.329. The summed E-state index contributed by atoms with van der Waals surface area (Å²) in [6.45, 7) is 5.12. The molecular formula is C22H28N6O2S2. The van der Waals surface area contributed by atoms with E-state index in [1.807, 2.05) is 38.2 Å². The average molecular weight is 473 g/mol. The smallest absolute Gasteiger partial charge is 0.333 e. The third kappa shape index (κ3) is 7.61. The Balaban J connectivity index is 1.30. The molecule has 0 spiro atoms. The second-order valence-electron chi connectivity index (χ2n) is 7.10. The first-order valence-electron chi connectivity index (χ1n) is 10.3. The van der Waals surface area contributed by atoms with Crippen LogP contribution in [-0.4, -0.2) is 35.6 Å². The van der Waals surface area contributed by atoms with Crippen LogP contribution in [0, 0.1) is 13.8 Å². The van der Waals surface area contributed by atoms with Gasteiger partial charge in [0.15, 0.2) is 0 Å². The lowest BCUT2D eigenvalue weighted by molar-refractivity contribution is 0.241. The molecule has 1 aromatic heterocycles. The molecule has 1 heterocycles. The van der Waals surface area contributed by atoms with E-state index in [2.05, 4.69) is 56.0 Å². The van der Waals surface area contributed by atoms with E-state index in [1.165, 1.54) is 22.7 Å². The van der Waals surface area contributed by atoms with Gasteiger partial charge in [0.05, 0.1) is 6.61 Å². The van der Waals surface area contributed by atoms with Crippen molar-refractivity contribution in [1.29, 1.82) is 0 Å². The van der Waals surface area contributed by atoms with Crippen LogP contribution in [0.5, 0.6) is 5.75 Å². The van der Waals surface area contributed by atoms with Gasteiger partial charge in [0.1, 0.15) is 5.75 Å². The van der Waals surface area contributed by atoms with Gasteiger partial charge in [0.2, 0.25) is 10.3 Å². The Hall–Kier alpha value is -2.98. The molecule has 4 N–H and O–H groups in total. The number of rotatable bonds is 11. The number of carbonyl (C=O) groups is 1. The van der Waals surface area contributed by atoms with Crippen molar-refractivity contribution in [3.8, 4) is 5.75 Å². The molecule has 0 atom stereocenters. The minimum Gasteiger partial charge on any atom is -0.493 e. The van der Waals surface area contributed by atoms with E-state index in [4.69, 9.17) is 4.74 Å². The molecule has 0 saturated heterocycles. The monoisotopic (exact) mass is 472 g/mol. The van der Waals surface area contributed by atoms with Crippen LogP contribution in [0.1, 0.15) is 23.1 Å². The lowest BCUT2D eigenvalue weighted by Crippen LogP contribution is -2.39. The van der Waals surface area contributed by atoms with Crippen molar-refractivity contribution in [2.75, 3.05) is 30.9 Å². The molecule has 0 aliphatic heterocycles. The van der Waals surface area contributed by atoms with Gasteiger partial charge in [-0.1, -0.05) is 41.6 Å². The van der Waals surface area contributed by atoms with Gasteiger partial charge in [-0.15, -0.1) is 0 Å². The minimum absolute atomic E-state index is 0.329. The van der Waals surface area contributed by atoms with Crippen molar-refractivity contribution >= 4 is 40.1 Å². The quantitative estimate of drug-likeness (QED) is 0.184. The third-order valence-electron chi connectivity index (χ3n) is 4.47. The zero-order chi connectivity index (χ0) is 22.8. The van der Waals surface area contributed by atoms with E-state index in [-0.39, 0.29) is 6.03 Å². The summed E-state index contributed by atoms with van der Waals surface area (Å²) >= 11 is 2.74. The molecule has 0 aliphatic carbocycles. The first-order chi connectivity index (χ1) is 15.5. The number of hydrogen-bond donors (Lipinski definition) is 4. The number of urea groups is 1. The number of benzene rings is 2. The molecule has 10 heteroatoms. The van der Waals surface area contributed by atoms with Crippen LogP contribution in [0.2, 0.25) is 0 Å². The summed E-state index contributed by atoms with van der Waals surface area (Å²) in [5, 5.41) is 7.11. The van der Waals surface area contributed by atoms with Gasteiger partial charge in [-0.3, -0.25) is 5.43 Å². The fraction of sp³-hybridized carbons (Fsp3) is 0.318. The topological polar surface area (TPSA) is 100 Å². The van der Waals surface area contributed by atoms with Crippen LogP contribution in [0.4, 0.5) is 15.6 Å². The highest BCUT2D eigenvalue weighted by Gasteiger charge is 2.07. The number of aromatic nitrogens is 2. The van der Waals surface area contributed by atoms with E-state index in [9.17, 15) is 4.79 Å². The molecule has 0 bridgehead atoms. The Bertz CT molecular complexity index is 1030. The molecule has 2 aromatic carbocycles. The predicted octanol–water partition coefficient (Wildman–Crippen LogP) is 4.58. The molecule has 0 aliphatic rings.